The van der Waals surface area contributed by atoms with Crippen LogP contribution in [0.3, 0.4) is 0 Å². The Morgan fingerprint density at radius 3 is 2.83 bits per heavy atom. The number of nitrogens with two attached hydrogens (primary N) is 1. The lowest BCUT2D eigenvalue weighted by Gasteiger charge is -2.15. The highest BCUT2D eigenvalue weighted by Gasteiger charge is 2.22. The number of thioether (sulfide) groups is 1. The van der Waals surface area contributed by atoms with Gasteiger partial charge >= 0.3 is 0 Å². The number of hydrogen-bond acceptors (Lipinski definition) is 5. The minimum Gasteiger partial charge on any atom is -0.431 e. The number of nitrogens with one attached hydrogen (secondary N) is 1. The van der Waals surface area contributed by atoms with E-state index in [4.69, 9.17) is 10.3 Å². The number of amides is 1. The number of para-hydroxylation sites is 2. The first-order valence-corrected chi connectivity index (χ1v) is 6.52. The summed E-state index contributed by atoms with van der Waals surface area (Å²) < 4.78 is 5.59. The van der Waals surface area contributed by atoms with Crippen molar-refractivity contribution in [1.82, 2.24) is 10.4 Å². The molecule has 2 rings (SSSR count). The van der Waals surface area contributed by atoms with Gasteiger partial charge in [0.05, 0.1) is 0 Å². The Hall–Kier alpha value is -1.53. The molecule has 0 bridgehead atoms. The number of oxazole rings is 1. The zero-order valence-corrected chi connectivity index (χ0v) is 11.0. The van der Waals surface area contributed by atoms with E-state index in [1.807, 2.05) is 38.1 Å². The van der Waals surface area contributed by atoms with Crippen molar-refractivity contribution in [3.05, 3.63) is 24.3 Å². The smallest absolute Gasteiger partial charge is 0.257 e. The predicted molar refractivity (Wildman–Crippen MR) is 70.8 cm³/mol. The molecule has 0 spiro atoms. The van der Waals surface area contributed by atoms with Gasteiger partial charge in [-0.25, -0.2) is 10.8 Å². The van der Waals surface area contributed by atoms with E-state index in [1.165, 1.54) is 11.8 Å². The fraction of sp³-hybridized carbons (Fsp3) is 0.333. The molecule has 0 saturated carbocycles. The molecule has 5 nitrogen and oxygen atoms in total. The van der Waals surface area contributed by atoms with Crippen LogP contribution in [0.4, 0.5) is 0 Å². The van der Waals surface area contributed by atoms with Crippen LogP contribution >= 0.6 is 11.8 Å². The van der Waals surface area contributed by atoms with Crippen molar-refractivity contribution in [2.45, 2.75) is 24.3 Å². The third-order valence-corrected chi connectivity index (χ3v) is 3.98. The number of aromatic nitrogens is 1. The first kappa shape index (κ1) is 12.9. The first-order valence-electron chi connectivity index (χ1n) is 5.64. The summed E-state index contributed by atoms with van der Waals surface area (Å²) in [5, 5.41) is 0.599. The second kappa shape index (κ2) is 5.41. The number of carbonyl (C=O) groups excluding carboxylic acids is 1. The van der Waals surface area contributed by atoms with Gasteiger partial charge < -0.3 is 4.42 Å². The summed E-state index contributed by atoms with van der Waals surface area (Å²) in [5.74, 6) is 4.72. The minimum absolute atomic E-state index is 0.0293. The maximum atomic E-state index is 11.4. The molecule has 96 valence electrons. The number of hydrogen-bond donors (Lipinski definition) is 2. The molecule has 2 atom stereocenters. The van der Waals surface area contributed by atoms with Gasteiger partial charge in [-0.15, -0.1) is 0 Å². The Morgan fingerprint density at radius 2 is 2.17 bits per heavy atom. The van der Waals surface area contributed by atoms with Crippen LogP contribution in [0.5, 0.6) is 0 Å². The van der Waals surface area contributed by atoms with E-state index in [0.29, 0.717) is 5.22 Å². The van der Waals surface area contributed by atoms with E-state index >= 15 is 0 Å². The summed E-state index contributed by atoms with van der Waals surface area (Å²) in [6.07, 6.45) is 0. The molecule has 2 aromatic rings. The standard InChI is InChI=1S/C12H15N3O2S/c1-7(11(16)15-13)8(2)18-12-14-9-5-3-4-6-10(9)17-12/h3-8H,13H2,1-2H3,(H,15,16). The monoisotopic (exact) mass is 265 g/mol. The summed E-state index contributed by atoms with van der Waals surface area (Å²) in [7, 11) is 0. The maximum absolute atomic E-state index is 11.4. The van der Waals surface area contributed by atoms with E-state index in [2.05, 4.69) is 10.4 Å². The highest BCUT2D eigenvalue weighted by atomic mass is 32.2. The number of carbonyl (C=O) groups is 1. The number of rotatable bonds is 4. The van der Waals surface area contributed by atoms with Crippen LogP contribution in [0.25, 0.3) is 11.1 Å². The van der Waals surface area contributed by atoms with Crippen molar-refractivity contribution in [1.29, 1.82) is 0 Å². The van der Waals surface area contributed by atoms with Gasteiger partial charge in [0.25, 0.3) is 5.22 Å². The molecule has 0 aliphatic heterocycles. The van der Waals surface area contributed by atoms with Gasteiger partial charge in [0.15, 0.2) is 5.58 Å². The summed E-state index contributed by atoms with van der Waals surface area (Å²) >= 11 is 1.43. The van der Waals surface area contributed by atoms with Gasteiger partial charge in [-0.3, -0.25) is 10.2 Å². The number of benzene rings is 1. The van der Waals surface area contributed by atoms with Crippen molar-refractivity contribution in [2.75, 3.05) is 0 Å². The Kier molecular flexibility index (Phi) is 3.88. The molecule has 0 saturated heterocycles. The summed E-state index contributed by atoms with van der Waals surface area (Å²) in [6.45, 7) is 3.77. The summed E-state index contributed by atoms with van der Waals surface area (Å²) in [4.78, 5) is 15.8. The average Bonchev–Trinajstić information content (AvgIpc) is 2.78. The van der Waals surface area contributed by atoms with Gasteiger partial charge in [-0.05, 0) is 12.1 Å². The molecular weight excluding hydrogens is 250 g/mol. The second-order valence-electron chi connectivity index (χ2n) is 4.07. The molecule has 2 unspecified atom stereocenters. The number of fused-ring (bicyclic) bond motifs is 1. The Labute approximate surface area is 109 Å². The van der Waals surface area contributed by atoms with Crippen molar-refractivity contribution >= 4 is 28.8 Å². The Bertz CT molecular complexity index is 522. The van der Waals surface area contributed by atoms with Crippen LogP contribution in [0.15, 0.2) is 33.9 Å². The highest BCUT2D eigenvalue weighted by Crippen LogP contribution is 2.29. The normalized spacial score (nSPS) is 14.4. The SMILES string of the molecule is CC(Sc1nc2ccccc2o1)C(C)C(=O)NN. The molecule has 1 amide bonds. The van der Waals surface area contributed by atoms with Crippen LogP contribution in [0.1, 0.15) is 13.8 Å². The molecule has 1 heterocycles. The van der Waals surface area contributed by atoms with Crippen molar-refractivity contribution < 1.29 is 9.21 Å². The van der Waals surface area contributed by atoms with Crippen molar-refractivity contribution in [2.24, 2.45) is 11.8 Å². The van der Waals surface area contributed by atoms with Gasteiger partial charge in [0.1, 0.15) is 5.52 Å². The average molecular weight is 265 g/mol. The molecular formula is C12H15N3O2S. The minimum atomic E-state index is -0.213. The topological polar surface area (TPSA) is 81.2 Å². The molecule has 1 aromatic carbocycles. The van der Waals surface area contributed by atoms with E-state index in [-0.39, 0.29) is 17.1 Å². The molecule has 6 heteroatoms. The third-order valence-electron chi connectivity index (χ3n) is 2.82. The number of hydrazine groups is 1. The lowest BCUT2D eigenvalue weighted by atomic mass is 10.1. The molecule has 0 aliphatic rings. The zero-order valence-electron chi connectivity index (χ0n) is 10.2. The van der Waals surface area contributed by atoms with Gasteiger partial charge in [0.2, 0.25) is 5.91 Å². The highest BCUT2D eigenvalue weighted by molar-refractivity contribution is 7.99. The van der Waals surface area contributed by atoms with Crippen LogP contribution in [0.2, 0.25) is 0 Å². The summed E-state index contributed by atoms with van der Waals surface area (Å²) in [6, 6.07) is 7.57. The predicted octanol–water partition coefficient (Wildman–Crippen LogP) is 1.93. The molecule has 18 heavy (non-hydrogen) atoms. The molecule has 1 aromatic heterocycles. The molecule has 0 aliphatic carbocycles. The van der Waals surface area contributed by atoms with E-state index in [0.717, 1.165) is 11.1 Å². The quantitative estimate of drug-likeness (QED) is 0.382. The lowest BCUT2D eigenvalue weighted by Crippen LogP contribution is -2.38. The fourth-order valence-electron chi connectivity index (χ4n) is 1.51. The molecule has 0 radical (unpaired) electrons. The van der Waals surface area contributed by atoms with Crippen molar-refractivity contribution in [3.8, 4) is 0 Å². The van der Waals surface area contributed by atoms with E-state index in [9.17, 15) is 4.79 Å². The maximum Gasteiger partial charge on any atom is 0.257 e. The Balaban J connectivity index is 2.11. The molecule has 0 fully saturated rings. The van der Waals surface area contributed by atoms with Crippen LogP contribution < -0.4 is 11.3 Å². The summed E-state index contributed by atoms with van der Waals surface area (Å²) in [5.41, 5.74) is 3.73. The van der Waals surface area contributed by atoms with E-state index < -0.39 is 0 Å². The zero-order chi connectivity index (χ0) is 13.1. The van der Waals surface area contributed by atoms with Crippen LogP contribution in [-0.2, 0) is 4.79 Å². The van der Waals surface area contributed by atoms with Crippen LogP contribution in [0, 0.1) is 5.92 Å². The largest absolute Gasteiger partial charge is 0.431 e. The molecule has 3 N–H and O–H groups in total. The first-order chi connectivity index (χ1) is 8.61. The Morgan fingerprint density at radius 1 is 1.44 bits per heavy atom. The van der Waals surface area contributed by atoms with Gasteiger partial charge in [0, 0.05) is 11.2 Å². The van der Waals surface area contributed by atoms with Crippen molar-refractivity contribution in [3.63, 3.8) is 0 Å². The fourth-order valence-corrected chi connectivity index (χ4v) is 2.44. The lowest BCUT2D eigenvalue weighted by molar-refractivity contribution is -0.124. The van der Waals surface area contributed by atoms with Gasteiger partial charge in [-0.2, -0.15) is 0 Å². The van der Waals surface area contributed by atoms with Gasteiger partial charge in [-0.1, -0.05) is 37.7 Å². The van der Waals surface area contributed by atoms with E-state index in [1.54, 1.807) is 0 Å². The second-order valence-corrected chi connectivity index (χ2v) is 5.40. The number of nitrogens with zero attached hydrogens (tertiary/aromatic N) is 1. The van der Waals surface area contributed by atoms with Crippen LogP contribution in [-0.4, -0.2) is 16.1 Å². The third kappa shape index (κ3) is 2.65.